The zero-order chi connectivity index (χ0) is 17.7. The van der Waals surface area contributed by atoms with Crippen molar-refractivity contribution in [2.24, 2.45) is 0 Å². The van der Waals surface area contributed by atoms with Crippen LogP contribution in [0.3, 0.4) is 0 Å². The van der Waals surface area contributed by atoms with Gasteiger partial charge in [-0.15, -0.1) is 0 Å². The molecule has 0 N–H and O–H groups in total. The summed E-state index contributed by atoms with van der Waals surface area (Å²) in [4.78, 5) is 15.8. The molecule has 0 unspecified atom stereocenters. The van der Waals surface area contributed by atoms with E-state index in [9.17, 15) is 17.6 Å². The lowest BCUT2D eigenvalue weighted by Crippen LogP contribution is -2.50. The molecule has 134 valence electrons. The Morgan fingerprint density at radius 2 is 1.96 bits per heavy atom. The van der Waals surface area contributed by atoms with Crippen LogP contribution in [0, 0.1) is 5.82 Å². The number of ether oxygens (including phenoxy) is 1. The molecule has 24 heavy (non-hydrogen) atoms. The second-order valence-electron chi connectivity index (χ2n) is 5.72. The van der Waals surface area contributed by atoms with Gasteiger partial charge in [-0.2, -0.15) is 0 Å². The maximum absolute atomic E-state index is 13.6. The minimum atomic E-state index is -2.98. The average Bonchev–Trinajstić information content (AvgIpc) is 2.51. The fourth-order valence-electron chi connectivity index (χ4n) is 2.34. The van der Waals surface area contributed by atoms with E-state index in [1.807, 2.05) is 4.90 Å². The van der Waals surface area contributed by atoms with E-state index < -0.39 is 15.7 Å². The molecule has 1 amide bonds. The van der Waals surface area contributed by atoms with Crippen LogP contribution in [0.4, 0.5) is 4.39 Å². The predicted octanol–water partition coefficient (Wildman–Crippen LogP) is 1.16. The van der Waals surface area contributed by atoms with Gasteiger partial charge in [-0.25, -0.2) is 12.8 Å². The number of halogens is 2. The van der Waals surface area contributed by atoms with Crippen molar-refractivity contribution >= 4 is 31.7 Å². The molecule has 0 saturated carbocycles. The number of hydrogen-bond donors (Lipinski definition) is 0. The van der Waals surface area contributed by atoms with Gasteiger partial charge in [0.15, 0.2) is 18.2 Å². The number of nitrogens with zero attached hydrogens (tertiary/aromatic N) is 2. The molecular formula is C15H20BrFN2O4S. The Kier molecular flexibility index (Phi) is 6.59. The minimum Gasteiger partial charge on any atom is -0.481 e. The van der Waals surface area contributed by atoms with Crippen LogP contribution in [0.15, 0.2) is 22.7 Å². The monoisotopic (exact) mass is 422 g/mol. The lowest BCUT2D eigenvalue weighted by Gasteiger charge is -2.34. The first-order valence-electron chi connectivity index (χ1n) is 7.50. The second kappa shape index (κ2) is 8.26. The molecule has 9 heteroatoms. The fraction of sp³-hybridized carbons (Fsp3) is 0.533. The molecule has 1 aliphatic rings. The van der Waals surface area contributed by atoms with Gasteiger partial charge < -0.3 is 9.64 Å². The summed E-state index contributed by atoms with van der Waals surface area (Å²) in [5.41, 5.74) is 0. The largest absolute Gasteiger partial charge is 0.481 e. The van der Waals surface area contributed by atoms with Crippen LogP contribution in [0.1, 0.15) is 0 Å². The highest BCUT2D eigenvalue weighted by Crippen LogP contribution is 2.21. The van der Waals surface area contributed by atoms with Crippen LogP contribution in [-0.4, -0.2) is 75.5 Å². The van der Waals surface area contributed by atoms with Gasteiger partial charge in [-0.3, -0.25) is 9.69 Å². The average molecular weight is 423 g/mol. The van der Waals surface area contributed by atoms with Gasteiger partial charge in [-0.1, -0.05) is 15.9 Å². The van der Waals surface area contributed by atoms with E-state index in [1.165, 1.54) is 18.4 Å². The summed E-state index contributed by atoms with van der Waals surface area (Å²) in [5.74, 6) is -0.575. The van der Waals surface area contributed by atoms with Crippen LogP contribution in [0.5, 0.6) is 5.75 Å². The number of carbonyl (C=O) groups is 1. The van der Waals surface area contributed by atoms with E-state index in [4.69, 9.17) is 4.74 Å². The van der Waals surface area contributed by atoms with E-state index in [0.717, 1.165) is 0 Å². The van der Waals surface area contributed by atoms with Crippen molar-refractivity contribution < 1.29 is 22.3 Å². The SMILES string of the molecule is CS(=O)(=O)CCN1CCN(C(=O)COc2ccc(Br)cc2F)CC1. The number of hydrogen-bond acceptors (Lipinski definition) is 5. The smallest absolute Gasteiger partial charge is 0.260 e. The molecule has 0 bridgehead atoms. The zero-order valence-corrected chi connectivity index (χ0v) is 15.8. The molecule has 1 aliphatic heterocycles. The van der Waals surface area contributed by atoms with Crippen molar-refractivity contribution in [3.8, 4) is 5.75 Å². The Morgan fingerprint density at radius 3 is 2.54 bits per heavy atom. The summed E-state index contributed by atoms with van der Waals surface area (Å²) in [6, 6.07) is 4.39. The third-order valence-corrected chi connectivity index (χ3v) is 5.17. The molecule has 1 heterocycles. The van der Waals surface area contributed by atoms with Crippen molar-refractivity contribution in [3.05, 3.63) is 28.5 Å². The molecule has 1 fully saturated rings. The summed E-state index contributed by atoms with van der Waals surface area (Å²) in [6.07, 6.45) is 1.21. The number of carbonyl (C=O) groups excluding carboxylic acids is 1. The Labute approximate surface area is 149 Å². The van der Waals surface area contributed by atoms with E-state index in [1.54, 1.807) is 11.0 Å². The second-order valence-corrected chi connectivity index (χ2v) is 8.89. The van der Waals surface area contributed by atoms with Crippen molar-refractivity contribution in [1.82, 2.24) is 9.80 Å². The zero-order valence-electron chi connectivity index (χ0n) is 13.4. The highest BCUT2D eigenvalue weighted by atomic mass is 79.9. The molecule has 0 aromatic heterocycles. The summed E-state index contributed by atoms with van der Waals surface area (Å²) >= 11 is 3.16. The summed E-state index contributed by atoms with van der Waals surface area (Å²) < 4.78 is 41.8. The first kappa shape index (κ1) is 19.1. The van der Waals surface area contributed by atoms with E-state index in [2.05, 4.69) is 15.9 Å². The number of benzene rings is 1. The number of piperazine rings is 1. The van der Waals surface area contributed by atoms with Gasteiger partial charge in [0, 0.05) is 43.5 Å². The molecule has 0 atom stereocenters. The summed E-state index contributed by atoms with van der Waals surface area (Å²) in [7, 11) is -2.98. The molecule has 1 aromatic rings. The van der Waals surface area contributed by atoms with Gasteiger partial charge in [0.1, 0.15) is 9.84 Å². The van der Waals surface area contributed by atoms with Crippen LogP contribution in [-0.2, 0) is 14.6 Å². The van der Waals surface area contributed by atoms with E-state index >= 15 is 0 Å². The van der Waals surface area contributed by atoms with Crippen molar-refractivity contribution in [2.75, 3.05) is 51.3 Å². The van der Waals surface area contributed by atoms with Gasteiger partial charge in [-0.05, 0) is 18.2 Å². The Morgan fingerprint density at radius 1 is 1.29 bits per heavy atom. The topological polar surface area (TPSA) is 66.9 Å². The fourth-order valence-corrected chi connectivity index (χ4v) is 3.26. The van der Waals surface area contributed by atoms with E-state index in [0.29, 0.717) is 37.2 Å². The minimum absolute atomic E-state index is 0.0401. The normalized spacial score (nSPS) is 16.2. The highest BCUT2D eigenvalue weighted by molar-refractivity contribution is 9.10. The number of sulfone groups is 1. The van der Waals surface area contributed by atoms with Gasteiger partial charge in [0.25, 0.3) is 5.91 Å². The van der Waals surface area contributed by atoms with Crippen molar-refractivity contribution in [2.45, 2.75) is 0 Å². The molecule has 0 radical (unpaired) electrons. The maximum atomic E-state index is 13.6. The molecular weight excluding hydrogens is 403 g/mol. The molecule has 0 spiro atoms. The molecule has 1 saturated heterocycles. The Balaban J connectivity index is 1.76. The molecule has 2 rings (SSSR count). The Hall–Kier alpha value is -1.19. The van der Waals surface area contributed by atoms with Crippen LogP contribution < -0.4 is 4.74 Å². The standard InChI is InChI=1S/C15H20BrFN2O4S/c1-24(21,22)9-8-18-4-6-19(7-5-18)15(20)11-23-14-3-2-12(16)10-13(14)17/h2-3,10H,4-9,11H2,1H3. The molecule has 6 nitrogen and oxygen atoms in total. The van der Waals surface area contributed by atoms with Crippen molar-refractivity contribution in [1.29, 1.82) is 0 Å². The molecule has 0 aliphatic carbocycles. The lowest BCUT2D eigenvalue weighted by molar-refractivity contribution is -0.135. The first-order valence-corrected chi connectivity index (χ1v) is 10.4. The number of amides is 1. The van der Waals surface area contributed by atoms with Gasteiger partial charge >= 0.3 is 0 Å². The Bertz CT molecular complexity index is 691. The predicted molar refractivity (Wildman–Crippen MR) is 92.3 cm³/mol. The van der Waals surface area contributed by atoms with E-state index in [-0.39, 0.29) is 24.0 Å². The summed E-state index contributed by atoms with van der Waals surface area (Å²) in [6.45, 7) is 2.51. The van der Waals surface area contributed by atoms with Gasteiger partial charge in [0.2, 0.25) is 0 Å². The van der Waals surface area contributed by atoms with Crippen LogP contribution in [0.2, 0.25) is 0 Å². The van der Waals surface area contributed by atoms with Crippen LogP contribution >= 0.6 is 15.9 Å². The van der Waals surface area contributed by atoms with Crippen molar-refractivity contribution in [3.63, 3.8) is 0 Å². The van der Waals surface area contributed by atoms with Crippen LogP contribution in [0.25, 0.3) is 0 Å². The summed E-state index contributed by atoms with van der Waals surface area (Å²) in [5, 5.41) is 0. The molecule has 1 aromatic carbocycles. The van der Waals surface area contributed by atoms with Gasteiger partial charge in [0.05, 0.1) is 5.75 Å². The third kappa shape index (κ3) is 6.03. The first-order chi connectivity index (χ1) is 11.2. The number of rotatable bonds is 6. The highest BCUT2D eigenvalue weighted by Gasteiger charge is 2.22. The quantitative estimate of drug-likeness (QED) is 0.687. The third-order valence-electron chi connectivity index (χ3n) is 3.75. The lowest BCUT2D eigenvalue weighted by atomic mass is 10.3. The maximum Gasteiger partial charge on any atom is 0.260 e.